The number of aromatic nitrogens is 4. The number of anilines is 1. The molecule has 5 rings (SSSR count). The van der Waals surface area contributed by atoms with E-state index in [1.165, 1.54) is 18.2 Å². The molecule has 0 amide bonds. The van der Waals surface area contributed by atoms with Crippen molar-refractivity contribution in [2.75, 3.05) is 11.9 Å². The zero-order chi connectivity index (χ0) is 21.4. The highest BCUT2D eigenvalue weighted by molar-refractivity contribution is 5.72. The Kier molecular flexibility index (Phi) is 4.82. The van der Waals surface area contributed by atoms with Crippen LogP contribution in [0.25, 0.3) is 22.5 Å². The molecule has 0 spiro atoms. The maximum atomic E-state index is 14.1. The van der Waals surface area contributed by atoms with Gasteiger partial charge in [0.1, 0.15) is 17.7 Å². The van der Waals surface area contributed by atoms with Gasteiger partial charge in [-0.2, -0.15) is 5.10 Å². The van der Waals surface area contributed by atoms with Crippen LogP contribution in [0.1, 0.15) is 18.6 Å². The van der Waals surface area contributed by atoms with Gasteiger partial charge in [0.15, 0.2) is 0 Å². The van der Waals surface area contributed by atoms with Gasteiger partial charge in [-0.1, -0.05) is 6.07 Å². The molecule has 1 N–H and O–H groups in total. The summed E-state index contributed by atoms with van der Waals surface area (Å²) in [7, 11) is 0. The van der Waals surface area contributed by atoms with Crippen LogP contribution >= 0.6 is 0 Å². The number of benzene rings is 1. The van der Waals surface area contributed by atoms with Crippen LogP contribution in [0.3, 0.4) is 0 Å². The molecule has 0 fully saturated rings. The summed E-state index contributed by atoms with van der Waals surface area (Å²) in [6, 6.07) is 11.5. The van der Waals surface area contributed by atoms with Crippen LogP contribution in [0.2, 0.25) is 0 Å². The van der Waals surface area contributed by atoms with Gasteiger partial charge in [-0.15, -0.1) is 0 Å². The fourth-order valence-electron chi connectivity index (χ4n) is 3.72. The van der Waals surface area contributed by atoms with Crippen molar-refractivity contribution in [2.45, 2.75) is 19.6 Å². The lowest BCUT2D eigenvalue weighted by molar-refractivity contribution is 0.191. The van der Waals surface area contributed by atoms with E-state index in [1.807, 2.05) is 35.9 Å². The lowest BCUT2D eigenvalue weighted by Crippen LogP contribution is -2.26. The number of ether oxygens (including phenoxy) is 1. The number of hydrogen-bond donors (Lipinski definition) is 1. The SMILES string of the molecule is CCn1nc(-c2cccnc2)cc1-c1cnc2c(c1)NCC(c1c(F)cccc1F)O2. The number of hydrogen-bond acceptors (Lipinski definition) is 5. The Morgan fingerprint density at radius 3 is 2.68 bits per heavy atom. The van der Waals surface area contributed by atoms with Crippen LogP contribution in [0.5, 0.6) is 5.88 Å². The van der Waals surface area contributed by atoms with Gasteiger partial charge in [0, 0.05) is 36.3 Å². The molecule has 0 saturated carbocycles. The zero-order valence-electron chi connectivity index (χ0n) is 16.7. The molecule has 31 heavy (non-hydrogen) atoms. The molecule has 4 heterocycles. The third-order valence-corrected chi connectivity index (χ3v) is 5.24. The number of pyridine rings is 2. The second-order valence-corrected chi connectivity index (χ2v) is 7.17. The highest BCUT2D eigenvalue weighted by Crippen LogP contribution is 2.37. The first-order chi connectivity index (χ1) is 15.1. The Balaban J connectivity index is 1.47. The predicted octanol–water partition coefficient (Wildman–Crippen LogP) is 4.85. The van der Waals surface area contributed by atoms with E-state index in [-0.39, 0.29) is 12.1 Å². The third-order valence-electron chi connectivity index (χ3n) is 5.24. The average Bonchev–Trinajstić information content (AvgIpc) is 3.24. The minimum Gasteiger partial charge on any atom is -0.466 e. The summed E-state index contributed by atoms with van der Waals surface area (Å²) in [5.41, 5.74) is 4.07. The van der Waals surface area contributed by atoms with Crippen molar-refractivity contribution < 1.29 is 13.5 Å². The molecule has 0 aliphatic carbocycles. The molecule has 0 bridgehead atoms. The third kappa shape index (κ3) is 3.50. The number of nitrogens with zero attached hydrogens (tertiary/aromatic N) is 4. The molecule has 1 atom stereocenters. The predicted molar refractivity (Wildman–Crippen MR) is 113 cm³/mol. The first-order valence-electron chi connectivity index (χ1n) is 9.97. The van der Waals surface area contributed by atoms with E-state index in [4.69, 9.17) is 4.74 Å². The quantitative estimate of drug-likeness (QED) is 0.512. The summed E-state index contributed by atoms with van der Waals surface area (Å²) >= 11 is 0. The number of nitrogens with one attached hydrogen (secondary N) is 1. The van der Waals surface area contributed by atoms with E-state index in [1.54, 1.807) is 18.6 Å². The lowest BCUT2D eigenvalue weighted by atomic mass is 10.1. The van der Waals surface area contributed by atoms with Crippen LogP contribution in [0.4, 0.5) is 14.5 Å². The molecule has 3 aromatic heterocycles. The van der Waals surface area contributed by atoms with Crippen molar-refractivity contribution in [2.24, 2.45) is 0 Å². The smallest absolute Gasteiger partial charge is 0.238 e. The summed E-state index contributed by atoms with van der Waals surface area (Å²) in [6.07, 6.45) is 4.37. The van der Waals surface area contributed by atoms with Crippen molar-refractivity contribution >= 4 is 5.69 Å². The van der Waals surface area contributed by atoms with Crippen LogP contribution in [0.15, 0.2) is 61.1 Å². The van der Waals surface area contributed by atoms with Gasteiger partial charge in [0.2, 0.25) is 5.88 Å². The Labute approximate surface area is 177 Å². The monoisotopic (exact) mass is 419 g/mol. The van der Waals surface area contributed by atoms with Gasteiger partial charge >= 0.3 is 0 Å². The number of fused-ring (bicyclic) bond motifs is 1. The normalized spacial score (nSPS) is 15.1. The van der Waals surface area contributed by atoms with Gasteiger partial charge in [0.05, 0.1) is 29.2 Å². The molecule has 4 aromatic rings. The van der Waals surface area contributed by atoms with Crippen LogP contribution in [-0.4, -0.2) is 26.3 Å². The van der Waals surface area contributed by atoms with E-state index in [9.17, 15) is 8.78 Å². The molecule has 1 aliphatic heterocycles. The molecule has 0 radical (unpaired) electrons. The molecule has 6 nitrogen and oxygen atoms in total. The van der Waals surface area contributed by atoms with Crippen molar-refractivity contribution in [3.63, 3.8) is 0 Å². The molecule has 1 unspecified atom stereocenters. The van der Waals surface area contributed by atoms with E-state index in [0.717, 1.165) is 22.5 Å². The number of halogens is 2. The molecule has 156 valence electrons. The maximum Gasteiger partial charge on any atom is 0.238 e. The number of rotatable bonds is 4. The minimum atomic E-state index is -0.801. The largest absolute Gasteiger partial charge is 0.466 e. The number of aryl methyl sites for hydroxylation is 1. The standard InChI is InChI=1S/C23H19F2N5O/c1-2-30-20(10-18(29-30)14-5-4-8-26-11-14)15-9-19-23(28-12-15)31-21(13-27-19)22-16(24)6-3-7-17(22)25/h3-12,21,27H,2,13H2,1H3. The van der Waals surface area contributed by atoms with E-state index in [0.29, 0.717) is 18.1 Å². The van der Waals surface area contributed by atoms with Crippen LogP contribution in [-0.2, 0) is 6.54 Å². The average molecular weight is 419 g/mol. The molecule has 0 saturated heterocycles. The maximum absolute atomic E-state index is 14.1. The molecule has 1 aliphatic rings. The Morgan fingerprint density at radius 2 is 1.94 bits per heavy atom. The second kappa shape index (κ2) is 7.79. The van der Waals surface area contributed by atoms with Crippen LogP contribution < -0.4 is 10.1 Å². The summed E-state index contributed by atoms with van der Waals surface area (Å²) in [5.74, 6) is -0.971. The second-order valence-electron chi connectivity index (χ2n) is 7.17. The summed E-state index contributed by atoms with van der Waals surface area (Å²) < 4.78 is 36.0. The van der Waals surface area contributed by atoms with Crippen LogP contribution in [0, 0.1) is 11.6 Å². The first kappa shape index (κ1) is 19.2. The van der Waals surface area contributed by atoms with Gasteiger partial charge < -0.3 is 10.1 Å². The summed E-state index contributed by atoms with van der Waals surface area (Å²) in [5, 5.41) is 7.86. The summed E-state index contributed by atoms with van der Waals surface area (Å²) in [6.45, 7) is 2.93. The van der Waals surface area contributed by atoms with Gasteiger partial charge in [0.25, 0.3) is 0 Å². The van der Waals surface area contributed by atoms with Gasteiger partial charge in [-0.25, -0.2) is 13.8 Å². The summed E-state index contributed by atoms with van der Waals surface area (Å²) in [4.78, 5) is 8.56. The van der Waals surface area contributed by atoms with E-state index >= 15 is 0 Å². The molecular weight excluding hydrogens is 400 g/mol. The van der Waals surface area contributed by atoms with E-state index < -0.39 is 17.7 Å². The first-order valence-corrected chi connectivity index (χ1v) is 9.97. The molecule has 1 aromatic carbocycles. The Bertz CT molecular complexity index is 1220. The van der Waals surface area contributed by atoms with Crippen molar-refractivity contribution in [1.29, 1.82) is 0 Å². The van der Waals surface area contributed by atoms with E-state index in [2.05, 4.69) is 20.4 Å². The highest BCUT2D eigenvalue weighted by atomic mass is 19.1. The van der Waals surface area contributed by atoms with Crippen molar-refractivity contribution in [3.8, 4) is 28.4 Å². The van der Waals surface area contributed by atoms with Gasteiger partial charge in [-0.05, 0) is 43.3 Å². The highest BCUT2D eigenvalue weighted by Gasteiger charge is 2.27. The Hall–Kier alpha value is -3.81. The van der Waals surface area contributed by atoms with Gasteiger partial charge in [-0.3, -0.25) is 9.67 Å². The molecular formula is C23H19F2N5O. The lowest BCUT2D eigenvalue weighted by Gasteiger charge is -2.27. The Morgan fingerprint density at radius 1 is 1.10 bits per heavy atom. The fourth-order valence-corrected chi connectivity index (χ4v) is 3.72. The van der Waals surface area contributed by atoms with Crippen molar-refractivity contribution in [1.82, 2.24) is 19.7 Å². The topological polar surface area (TPSA) is 64.9 Å². The van der Waals surface area contributed by atoms with Crippen molar-refractivity contribution in [3.05, 3.63) is 78.3 Å². The zero-order valence-corrected chi connectivity index (χ0v) is 16.7. The molecule has 8 heteroatoms. The minimum absolute atomic E-state index is 0.100. The fraction of sp³-hybridized carbons (Fsp3) is 0.174.